The molecular weight excluding hydrogens is 380 g/mol. The lowest BCUT2D eigenvalue weighted by Gasteiger charge is -2.09. The van der Waals surface area contributed by atoms with Crippen molar-refractivity contribution in [1.82, 2.24) is 20.0 Å². The number of hydrogen-bond donors (Lipinski definition) is 2. The maximum atomic E-state index is 12.6. The summed E-state index contributed by atoms with van der Waals surface area (Å²) in [6, 6.07) is 20.9. The molecule has 0 aliphatic rings. The van der Waals surface area contributed by atoms with Gasteiger partial charge in [0.05, 0.1) is 17.5 Å². The number of amides is 2. The smallest absolute Gasteiger partial charge is 0.292 e. The minimum Gasteiger partial charge on any atom is -0.292 e. The van der Waals surface area contributed by atoms with Crippen LogP contribution in [0.5, 0.6) is 0 Å². The van der Waals surface area contributed by atoms with E-state index >= 15 is 0 Å². The number of nitrogens with zero attached hydrogens (tertiary/aromatic N) is 2. The minimum atomic E-state index is -0.470. The maximum Gasteiger partial charge on any atom is 0.329 e. The van der Waals surface area contributed by atoms with Crippen molar-refractivity contribution in [3.63, 3.8) is 0 Å². The van der Waals surface area contributed by atoms with Crippen molar-refractivity contribution < 1.29 is 9.59 Å². The predicted molar refractivity (Wildman–Crippen MR) is 116 cm³/mol. The van der Waals surface area contributed by atoms with Gasteiger partial charge in [0.15, 0.2) is 0 Å². The van der Waals surface area contributed by atoms with Crippen LogP contribution in [0.2, 0.25) is 0 Å². The zero-order valence-corrected chi connectivity index (χ0v) is 16.6. The Kier molecular flexibility index (Phi) is 5.34. The molecule has 0 saturated carbocycles. The molecule has 30 heavy (non-hydrogen) atoms. The molecule has 3 aromatic carbocycles. The molecule has 4 rings (SSSR count). The van der Waals surface area contributed by atoms with Crippen LogP contribution in [0.15, 0.2) is 71.5 Å². The van der Waals surface area contributed by atoms with Crippen molar-refractivity contribution in [2.75, 3.05) is 0 Å². The fraction of sp³-hybridized carbons (Fsp3) is 0.174. The summed E-state index contributed by atoms with van der Waals surface area (Å²) >= 11 is 0. The molecule has 0 saturated heterocycles. The zero-order chi connectivity index (χ0) is 21.1. The second-order valence-electron chi connectivity index (χ2n) is 7.01. The molecule has 1 heterocycles. The maximum absolute atomic E-state index is 12.6. The molecule has 2 N–H and O–H groups in total. The third-order valence-corrected chi connectivity index (χ3v) is 5.12. The molecule has 2 amide bonds. The second-order valence-corrected chi connectivity index (χ2v) is 7.01. The van der Waals surface area contributed by atoms with E-state index in [-0.39, 0.29) is 24.6 Å². The number of benzene rings is 3. The van der Waals surface area contributed by atoms with Crippen LogP contribution in [-0.4, -0.2) is 20.9 Å². The molecule has 152 valence electrons. The monoisotopic (exact) mass is 402 g/mol. The molecule has 7 nitrogen and oxygen atoms in total. The molecule has 1 aromatic heterocycles. The first-order valence-electron chi connectivity index (χ1n) is 9.81. The average Bonchev–Trinajstić information content (AvgIpc) is 3.03. The number of carbonyl (C=O) groups is 2. The summed E-state index contributed by atoms with van der Waals surface area (Å²) in [6.45, 7) is 2.21. The topological polar surface area (TPSA) is 85.1 Å². The van der Waals surface area contributed by atoms with Crippen molar-refractivity contribution in [1.29, 1.82) is 0 Å². The lowest BCUT2D eigenvalue weighted by molar-refractivity contribution is -0.128. The zero-order valence-electron chi connectivity index (χ0n) is 16.6. The highest BCUT2D eigenvalue weighted by Gasteiger charge is 2.15. The van der Waals surface area contributed by atoms with E-state index in [0.717, 1.165) is 21.9 Å². The highest BCUT2D eigenvalue weighted by Crippen LogP contribution is 2.18. The first kappa shape index (κ1) is 19.4. The van der Waals surface area contributed by atoms with Gasteiger partial charge in [-0.05, 0) is 35.4 Å². The van der Waals surface area contributed by atoms with Gasteiger partial charge in [-0.3, -0.25) is 29.6 Å². The van der Waals surface area contributed by atoms with Crippen molar-refractivity contribution in [2.45, 2.75) is 26.4 Å². The van der Waals surface area contributed by atoms with E-state index in [4.69, 9.17) is 0 Å². The normalized spacial score (nSPS) is 11.0. The van der Waals surface area contributed by atoms with Crippen molar-refractivity contribution in [2.24, 2.45) is 0 Å². The van der Waals surface area contributed by atoms with Gasteiger partial charge in [0.1, 0.15) is 6.54 Å². The van der Waals surface area contributed by atoms with Gasteiger partial charge in [-0.25, -0.2) is 4.79 Å². The van der Waals surface area contributed by atoms with Gasteiger partial charge in [-0.15, -0.1) is 0 Å². The van der Waals surface area contributed by atoms with Gasteiger partial charge in [-0.2, -0.15) is 0 Å². The van der Waals surface area contributed by atoms with Crippen LogP contribution in [0, 0.1) is 0 Å². The molecule has 0 bridgehead atoms. The van der Waals surface area contributed by atoms with E-state index in [0.29, 0.717) is 12.1 Å². The quantitative estimate of drug-likeness (QED) is 0.503. The van der Waals surface area contributed by atoms with Gasteiger partial charge < -0.3 is 0 Å². The lowest BCUT2D eigenvalue weighted by atomic mass is 10.0. The van der Waals surface area contributed by atoms with Crippen LogP contribution in [-0.2, 0) is 29.1 Å². The van der Waals surface area contributed by atoms with E-state index in [1.54, 1.807) is 10.6 Å². The van der Waals surface area contributed by atoms with Crippen LogP contribution in [0.3, 0.4) is 0 Å². The summed E-state index contributed by atoms with van der Waals surface area (Å²) in [5.74, 6) is -0.801. The largest absolute Gasteiger partial charge is 0.329 e. The number of fused-ring (bicyclic) bond motifs is 2. The Balaban J connectivity index is 1.43. The number of aromatic nitrogens is 2. The number of hydrogen-bond acceptors (Lipinski definition) is 3. The van der Waals surface area contributed by atoms with Gasteiger partial charge in [0, 0.05) is 6.54 Å². The van der Waals surface area contributed by atoms with Crippen LogP contribution in [0.25, 0.3) is 21.8 Å². The summed E-state index contributed by atoms with van der Waals surface area (Å²) in [5, 5.41) is 2.05. The Morgan fingerprint density at radius 2 is 1.43 bits per heavy atom. The molecule has 0 atom stereocenters. The summed E-state index contributed by atoms with van der Waals surface area (Å²) < 4.78 is 3.02. The standard InChI is InChI=1S/C23H22N4O3/c1-2-26-19-12-5-6-13-20(19)27(23(26)30)15-22(29)25-24-21(28)14-17-10-7-9-16-8-3-4-11-18(16)17/h3-13H,2,14-15H2,1H3,(H,24,28)(H,25,29). The Hall–Kier alpha value is -3.87. The van der Waals surface area contributed by atoms with Crippen molar-refractivity contribution in [3.8, 4) is 0 Å². The first-order valence-corrected chi connectivity index (χ1v) is 9.81. The number of imidazole rings is 1. The number of rotatable bonds is 5. The molecule has 4 aromatic rings. The fourth-order valence-electron chi connectivity index (χ4n) is 3.72. The Morgan fingerprint density at radius 1 is 0.800 bits per heavy atom. The predicted octanol–water partition coefficient (Wildman–Crippen LogP) is 2.37. The highest BCUT2D eigenvalue weighted by atomic mass is 16.2. The van der Waals surface area contributed by atoms with E-state index in [2.05, 4.69) is 10.9 Å². The first-order chi connectivity index (χ1) is 14.6. The Labute approximate surface area is 172 Å². The van der Waals surface area contributed by atoms with Gasteiger partial charge in [0.25, 0.3) is 5.91 Å². The molecular formula is C23H22N4O3. The molecule has 0 radical (unpaired) electrons. The van der Waals surface area contributed by atoms with Gasteiger partial charge >= 0.3 is 5.69 Å². The third kappa shape index (κ3) is 3.69. The number of carbonyl (C=O) groups excluding carboxylic acids is 2. The lowest BCUT2D eigenvalue weighted by Crippen LogP contribution is -2.44. The third-order valence-electron chi connectivity index (χ3n) is 5.12. The number of nitrogens with one attached hydrogen (secondary N) is 2. The SMILES string of the molecule is CCn1c(=O)n(CC(=O)NNC(=O)Cc2cccc3ccccc23)c2ccccc21. The molecule has 0 aliphatic heterocycles. The summed E-state index contributed by atoms with van der Waals surface area (Å²) in [6.07, 6.45) is 0.136. The van der Waals surface area contributed by atoms with Crippen molar-refractivity contribution in [3.05, 3.63) is 82.8 Å². The van der Waals surface area contributed by atoms with Crippen LogP contribution < -0.4 is 16.5 Å². The fourth-order valence-corrected chi connectivity index (χ4v) is 3.72. The summed E-state index contributed by atoms with van der Waals surface area (Å²) in [7, 11) is 0. The number of aryl methyl sites for hydroxylation is 1. The van der Waals surface area contributed by atoms with Crippen molar-refractivity contribution >= 4 is 33.6 Å². The van der Waals surface area contributed by atoms with Gasteiger partial charge in [0.2, 0.25) is 5.91 Å². The molecule has 0 spiro atoms. The van der Waals surface area contributed by atoms with E-state index in [9.17, 15) is 14.4 Å². The van der Waals surface area contributed by atoms with Gasteiger partial charge in [-0.1, -0.05) is 54.6 Å². The number of hydrazine groups is 1. The highest BCUT2D eigenvalue weighted by molar-refractivity contribution is 5.91. The molecule has 0 aliphatic carbocycles. The minimum absolute atomic E-state index is 0.136. The second kappa shape index (κ2) is 8.24. The molecule has 0 unspecified atom stereocenters. The summed E-state index contributed by atoms with van der Waals surface area (Å²) in [5.41, 5.74) is 6.94. The molecule has 7 heteroatoms. The summed E-state index contributed by atoms with van der Waals surface area (Å²) in [4.78, 5) is 37.3. The molecule has 0 fully saturated rings. The average molecular weight is 402 g/mol. The van der Waals surface area contributed by atoms with Crippen LogP contribution >= 0.6 is 0 Å². The number of para-hydroxylation sites is 2. The van der Waals surface area contributed by atoms with E-state index < -0.39 is 5.91 Å². The van der Waals surface area contributed by atoms with E-state index in [1.807, 2.05) is 67.6 Å². The van der Waals surface area contributed by atoms with Crippen LogP contribution in [0.4, 0.5) is 0 Å². The van der Waals surface area contributed by atoms with E-state index in [1.165, 1.54) is 4.57 Å². The Bertz CT molecular complexity index is 1300. The van der Waals surface area contributed by atoms with Crippen LogP contribution in [0.1, 0.15) is 12.5 Å². The Morgan fingerprint density at radius 3 is 2.20 bits per heavy atom.